The summed E-state index contributed by atoms with van der Waals surface area (Å²) in [5.74, 6) is 0. The molecule has 17 heavy (non-hydrogen) atoms. The number of rotatable bonds is 4. The quantitative estimate of drug-likeness (QED) is 0.846. The van der Waals surface area contributed by atoms with E-state index in [0.29, 0.717) is 6.04 Å². The molecule has 1 aromatic rings. The van der Waals surface area contributed by atoms with Crippen LogP contribution in [-0.4, -0.2) is 41.7 Å². The minimum absolute atomic E-state index is 0.215. The van der Waals surface area contributed by atoms with Crippen LogP contribution in [0.5, 0.6) is 0 Å². The first-order chi connectivity index (χ1) is 8.31. The first kappa shape index (κ1) is 12.5. The molecule has 2 atom stereocenters. The average Bonchev–Trinajstić information content (AvgIpc) is 2.38. The van der Waals surface area contributed by atoms with E-state index in [-0.39, 0.29) is 6.04 Å². The van der Waals surface area contributed by atoms with Crippen LogP contribution in [-0.2, 0) is 11.3 Å². The highest BCUT2D eigenvalue weighted by atomic mass is 16.5. The van der Waals surface area contributed by atoms with Gasteiger partial charge in [0, 0.05) is 31.4 Å². The van der Waals surface area contributed by atoms with Crippen molar-refractivity contribution in [2.75, 3.05) is 19.8 Å². The molecule has 1 fully saturated rings. The standard InChI is InChI=1S/C13H21N3O/c1-2-16(9-11-5-3-4-7-15-11)13-10-17-8-6-12(13)14/h3-5,7,12-13H,2,6,8-10,14H2,1H3. The molecule has 0 bridgehead atoms. The molecular formula is C13H21N3O. The zero-order valence-corrected chi connectivity index (χ0v) is 10.4. The molecular weight excluding hydrogens is 214 g/mol. The molecule has 0 aromatic carbocycles. The van der Waals surface area contributed by atoms with E-state index in [0.717, 1.165) is 38.4 Å². The van der Waals surface area contributed by atoms with E-state index in [1.54, 1.807) is 0 Å². The maximum Gasteiger partial charge on any atom is 0.0637 e. The molecule has 1 aliphatic rings. The lowest BCUT2D eigenvalue weighted by Crippen LogP contribution is -2.53. The summed E-state index contributed by atoms with van der Waals surface area (Å²) >= 11 is 0. The molecule has 1 aromatic heterocycles. The number of ether oxygens (including phenoxy) is 1. The Labute approximate surface area is 103 Å². The summed E-state index contributed by atoms with van der Waals surface area (Å²) in [5.41, 5.74) is 7.26. The van der Waals surface area contributed by atoms with Gasteiger partial charge in [-0.3, -0.25) is 9.88 Å². The molecule has 0 aliphatic carbocycles. The molecule has 0 spiro atoms. The molecule has 0 radical (unpaired) electrons. The second-order valence-corrected chi connectivity index (χ2v) is 4.48. The van der Waals surface area contributed by atoms with Gasteiger partial charge in [-0.1, -0.05) is 13.0 Å². The number of aromatic nitrogens is 1. The van der Waals surface area contributed by atoms with Crippen molar-refractivity contribution in [1.29, 1.82) is 0 Å². The zero-order chi connectivity index (χ0) is 12.1. The predicted molar refractivity (Wildman–Crippen MR) is 67.5 cm³/mol. The summed E-state index contributed by atoms with van der Waals surface area (Å²) in [5, 5.41) is 0. The van der Waals surface area contributed by atoms with E-state index in [1.165, 1.54) is 0 Å². The van der Waals surface area contributed by atoms with Gasteiger partial charge >= 0.3 is 0 Å². The molecule has 0 saturated carbocycles. The van der Waals surface area contributed by atoms with Crippen molar-refractivity contribution >= 4 is 0 Å². The largest absolute Gasteiger partial charge is 0.380 e. The van der Waals surface area contributed by atoms with Gasteiger partial charge in [0.05, 0.1) is 12.3 Å². The molecule has 4 heteroatoms. The maximum atomic E-state index is 6.17. The van der Waals surface area contributed by atoms with Crippen molar-refractivity contribution in [3.8, 4) is 0 Å². The van der Waals surface area contributed by atoms with E-state index in [1.807, 2.05) is 18.3 Å². The third-order valence-electron chi connectivity index (χ3n) is 3.34. The van der Waals surface area contributed by atoms with E-state index in [2.05, 4.69) is 22.9 Å². The highest BCUT2D eigenvalue weighted by Crippen LogP contribution is 2.14. The Kier molecular flexibility index (Phi) is 4.48. The lowest BCUT2D eigenvalue weighted by molar-refractivity contribution is 0.00410. The average molecular weight is 235 g/mol. The molecule has 2 N–H and O–H groups in total. The second kappa shape index (κ2) is 6.10. The van der Waals surface area contributed by atoms with Gasteiger partial charge in [-0.25, -0.2) is 0 Å². The molecule has 1 saturated heterocycles. The van der Waals surface area contributed by atoms with Gasteiger partial charge < -0.3 is 10.5 Å². The Morgan fingerprint density at radius 3 is 3.06 bits per heavy atom. The normalized spacial score (nSPS) is 25.1. The van der Waals surface area contributed by atoms with Gasteiger partial charge in [0.1, 0.15) is 0 Å². The monoisotopic (exact) mass is 235 g/mol. The van der Waals surface area contributed by atoms with Crippen molar-refractivity contribution < 1.29 is 4.74 Å². The number of hydrogen-bond donors (Lipinski definition) is 1. The lowest BCUT2D eigenvalue weighted by Gasteiger charge is -2.37. The third-order valence-corrected chi connectivity index (χ3v) is 3.34. The van der Waals surface area contributed by atoms with Crippen molar-refractivity contribution in [2.24, 2.45) is 5.73 Å². The van der Waals surface area contributed by atoms with Gasteiger partial charge in [0.15, 0.2) is 0 Å². The van der Waals surface area contributed by atoms with Gasteiger partial charge in [0.2, 0.25) is 0 Å². The number of pyridine rings is 1. The highest BCUT2D eigenvalue weighted by Gasteiger charge is 2.27. The van der Waals surface area contributed by atoms with Gasteiger partial charge in [-0.05, 0) is 25.1 Å². The highest BCUT2D eigenvalue weighted by molar-refractivity contribution is 5.04. The molecule has 2 heterocycles. The number of nitrogens with two attached hydrogens (primary N) is 1. The van der Waals surface area contributed by atoms with Crippen LogP contribution in [0.4, 0.5) is 0 Å². The molecule has 94 valence electrons. The van der Waals surface area contributed by atoms with E-state index in [9.17, 15) is 0 Å². The summed E-state index contributed by atoms with van der Waals surface area (Å²) in [6.45, 7) is 5.50. The van der Waals surface area contributed by atoms with E-state index in [4.69, 9.17) is 10.5 Å². The number of nitrogens with zero attached hydrogens (tertiary/aromatic N) is 2. The Morgan fingerprint density at radius 2 is 2.41 bits per heavy atom. The SMILES string of the molecule is CCN(Cc1ccccn1)C1COCCC1N. The fourth-order valence-corrected chi connectivity index (χ4v) is 2.28. The van der Waals surface area contributed by atoms with Crippen LogP contribution in [0.2, 0.25) is 0 Å². The van der Waals surface area contributed by atoms with E-state index < -0.39 is 0 Å². The molecule has 1 aliphatic heterocycles. The van der Waals surface area contributed by atoms with Gasteiger partial charge in [0.25, 0.3) is 0 Å². The zero-order valence-electron chi connectivity index (χ0n) is 10.4. The minimum Gasteiger partial charge on any atom is -0.380 e. The first-order valence-corrected chi connectivity index (χ1v) is 6.28. The molecule has 4 nitrogen and oxygen atoms in total. The Balaban J connectivity index is 2.00. The van der Waals surface area contributed by atoms with Crippen LogP contribution in [0.1, 0.15) is 19.0 Å². The maximum absolute atomic E-state index is 6.17. The van der Waals surface area contributed by atoms with Crippen LogP contribution in [0.3, 0.4) is 0 Å². The minimum atomic E-state index is 0.215. The van der Waals surface area contributed by atoms with Crippen LogP contribution >= 0.6 is 0 Å². The van der Waals surface area contributed by atoms with Gasteiger partial charge in [-0.2, -0.15) is 0 Å². The van der Waals surface area contributed by atoms with Crippen molar-refractivity contribution in [1.82, 2.24) is 9.88 Å². The molecule has 0 amide bonds. The Hall–Kier alpha value is -0.970. The van der Waals surface area contributed by atoms with Gasteiger partial charge in [-0.15, -0.1) is 0 Å². The Morgan fingerprint density at radius 1 is 1.53 bits per heavy atom. The topological polar surface area (TPSA) is 51.4 Å². The van der Waals surface area contributed by atoms with Crippen molar-refractivity contribution in [3.05, 3.63) is 30.1 Å². The van der Waals surface area contributed by atoms with Crippen molar-refractivity contribution in [3.63, 3.8) is 0 Å². The second-order valence-electron chi connectivity index (χ2n) is 4.48. The summed E-state index contributed by atoms with van der Waals surface area (Å²) in [4.78, 5) is 6.72. The summed E-state index contributed by atoms with van der Waals surface area (Å²) in [7, 11) is 0. The fourth-order valence-electron chi connectivity index (χ4n) is 2.28. The summed E-state index contributed by atoms with van der Waals surface area (Å²) < 4.78 is 5.53. The fraction of sp³-hybridized carbons (Fsp3) is 0.615. The summed E-state index contributed by atoms with van der Waals surface area (Å²) in [6, 6.07) is 6.55. The predicted octanol–water partition coefficient (Wildman–Crippen LogP) is 1.02. The number of hydrogen-bond acceptors (Lipinski definition) is 4. The first-order valence-electron chi connectivity index (χ1n) is 6.28. The smallest absolute Gasteiger partial charge is 0.0637 e. The van der Waals surface area contributed by atoms with Crippen LogP contribution in [0, 0.1) is 0 Å². The van der Waals surface area contributed by atoms with Crippen LogP contribution < -0.4 is 5.73 Å². The summed E-state index contributed by atoms with van der Waals surface area (Å²) in [6.07, 6.45) is 2.78. The Bertz CT molecular complexity index is 331. The van der Waals surface area contributed by atoms with E-state index >= 15 is 0 Å². The van der Waals surface area contributed by atoms with Crippen molar-refractivity contribution in [2.45, 2.75) is 32.0 Å². The number of likely N-dealkylation sites (N-methyl/N-ethyl adjacent to an activating group) is 1. The lowest BCUT2D eigenvalue weighted by atomic mass is 10.0. The third kappa shape index (κ3) is 3.25. The van der Waals surface area contributed by atoms with Crippen LogP contribution in [0.15, 0.2) is 24.4 Å². The molecule has 2 unspecified atom stereocenters. The van der Waals surface area contributed by atoms with Crippen LogP contribution in [0.25, 0.3) is 0 Å². The molecule has 2 rings (SSSR count).